The molecule has 0 aromatic rings. The van der Waals surface area contributed by atoms with Crippen molar-refractivity contribution in [2.24, 2.45) is 10.9 Å². The Bertz CT molecular complexity index is 260. The number of hydrogen-bond acceptors (Lipinski definition) is 1. The third-order valence-corrected chi connectivity index (χ3v) is 2.78. The molecule has 1 aliphatic rings. The fourth-order valence-corrected chi connectivity index (χ4v) is 1.64. The van der Waals surface area contributed by atoms with Crippen molar-refractivity contribution in [1.29, 1.82) is 0 Å². The molecule has 0 atom stereocenters. The van der Waals surface area contributed by atoms with Crippen molar-refractivity contribution in [2.45, 2.75) is 45.2 Å². The summed E-state index contributed by atoms with van der Waals surface area (Å²) in [6.45, 7) is 3.10. The zero-order valence-corrected chi connectivity index (χ0v) is 10.8. The van der Waals surface area contributed by atoms with E-state index < -0.39 is 12.6 Å². The summed E-state index contributed by atoms with van der Waals surface area (Å²) < 4.78 is 36.0. The molecule has 1 fully saturated rings. The van der Waals surface area contributed by atoms with Gasteiger partial charge in [-0.1, -0.05) is 12.8 Å². The van der Waals surface area contributed by atoms with Crippen LogP contribution in [0.5, 0.6) is 0 Å². The molecule has 0 unspecified atom stereocenters. The lowest BCUT2D eigenvalue weighted by Crippen LogP contribution is -2.39. The van der Waals surface area contributed by atoms with Gasteiger partial charge < -0.3 is 10.6 Å². The zero-order chi connectivity index (χ0) is 13.4. The van der Waals surface area contributed by atoms with Crippen LogP contribution < -0.4 is 10.6 Å². The molecule has 1 rings (SSSR count). The summed E-state index contributed by atoms with van der Waals surface area (Å²) >= 11 is 0. The average Bonchev–Trinajstić information content (AvgIpc) is 3.06. The number of nitrogens with zero attached hydrogens (tertiary/aromatic N) is 1. The Hall–Kier alpha value is -0.940. The third kappa shape index (κ3) is 8.20. The van der Waals surface area contributed by atoms with Crippen molar-refractivity contribution < 1.29 is 13.2 Å². The van der Waals surface area contributed by atoms with Crippen LogP contribution in [0.25, 0.3) is 0 Å². The van der Waals surface area contributed by atoms with E-state index in [0.29, 0.717) is 19.0 Å². The van der Waals surface area contributed by atoms with Crippen LogP contribution in [0.3, 0.4) is 0 Å². The lowest BCUT2D eigenvalue weighted by Gasteiger charge is -2.12. The predicted molar refractivity (Wildman–Crippen MR) is 66.6 cm³/mol. The summed E-state index contributed by atoms with van der Waals surface area (Å²) in [5, 5.41) is 5.64. The number of aliphatic imine (C=N–C) groups is 1. The molecule has 0 radical (unpaired) electrons. The Kier molecular flexibility index (Phi) is 6.29. The van der Waals surface area contributed by atoms with Crippen molar-refractivity contribution in [2.75, 3.05) is 19.6 Å². The first-order valence-corrected chi connectivity index (χ1v) is 6.60. The van der Waals surface area contributed by atoms with Gasteiger partial charge in [-0.2, -0.15) is 13.2 Å². The van der Waals surface area contributed by atoms with Gasteiger partial charge in [-0.25, -0.2) is 0 Å². The molecule has 0 bridgehead atoms. The standard InChI is InChI=1S/C12H22F3N3/c1-2-16-11(18-9-7-12(13,14)15)17-8-3-4-10-5-6-10/h10H,2-9H2,1H3,(H2,16,17,18). The predicted octanol–water partition coefficient (Wildman–Crippen LogP) is 2.68. The molecule has 0 aromatic carbocycles. The number of nitrogens with one attached hydrogen (secondary N) is 2. The van der Waals surface area contributed by atoms with E-state index in [2.05, 4.69) is 15.6 Å². The number of alkyl halides is 3. The van der Waals surface area contributed by atoms with Gasteiger partial charge in [-0.3, -0.25) is 4.99 Å². The van der Waals surface area contributed by atoms with Crippen LogP contribution in [0.4, 0.5) is 13.2 Å². The smallest absolute Gasteiger partial charge is 0.357 e. The second kappa shape index (κ2) is 7.48. The number of hydrogen-bond donors (Lipinski definition) is 2. The van der Waals surface area contributed by atoms with E-state index in [1.54, 1.807) is 0 Å². The van der Waals surface area contributed by atoms with Crippen molar-refractivity contribution in [3.05, 3.63) is 0 Å². The van der Waals surface area contributed by atoms with E-state index in [4.69, 9.17) is 0 Å². The molecule has 2 N–H and O–H groups in total. The van der Waals surface area contributed by atoms with Gasteiger partial charge >= 0.3 is 6.18 Å². The molecule has 0 aromatic heterocycles. The monoisotopic (exact) mass is 265 g/mol. The fourth-order valence-electron chi connectivity index (χ4n) is 1.64. The molecule has 0 spiro atoms. The van der Waals surface area contributed by atoms with Gasteiger partial charge in [0.25, 0.3) is 0 Å². The van der Waals surface area contributed by atoms with E-state index >= 15 is 0 Å². The fraction of sp³-hybridized carbons (Fsp3) is 0.917. The van der Waals surface area contributed by atoms with Gasteiger partial charge in [0, 0.05) is 19.6 Å². The van der Waals surface area contributed by atoms with E-state index in [1.807, 2.05) is 6.92 Å². The van der Waals surface area contributed by atoms with Gasteiger partial charge in [-0.05, 0) is 25.7 Å². The maximum Gasteiger partial charge on any atom is 0.390 e. The highest BCUT2D eigenvalue weighted by molar-refractivity contribution is 5.79. The average molecular weight is 265 g/mol. The van der Waals surface area contributed by atoms with Crippen LogP contribution in [0, 0.1) is 5.92 Å². The van der Waals surface area contributed by atoms with Crippen LogP contribution in [0.15, 0.2) is 4.99 Å². The Morgan fingerprint density at radius 3 is 2.56 bits per heavy atom. The second-order valence-electron chi connectivity index (χ2n) is 4.64. The highest BCUT2D eigenvalue weighted by Crippen LogP contribution is 2.33. The first-order chi connectivity index (χ1) is 8.51. The molecular weight excluding hydrogens is 243 g/mol. The van der Waals surface area contributed by atoms with Crippen molar-refractivity contribution in [1.82, 2.24) is 10.6 Å². The van der Waals surface area contributed by atoms with Gasteiger partial charge in [0.2, 0.25) is 0 Å². The maximum atomic E-state index is 12.0. The molecule has 106 valence electrons. The van der Waals surface area contributed by atoms with Crippen molar-refractivity contribution in [3.63, 3.8) is 0 Å². The minimum absolute atomic E-state index is 0.127. The van der Waals surface area contributed by atoms with Crippen LogP contribution in [-0.2, 0) is 0 Å². The lowest BCUT2D eigenvalue weighted by atomic mass is 10.2. The highest BCUT2D eigenvalue weighted by atomic mass is 19.4. The topological polar surface area (TPSA) is 36.4 Å². The summed E-state index contributed by atoms with van der Waals surface area (Å²) in [5.41, 5.74) is 0. The minimum Gasteiger partial charge on any atom is -0.357 e. The normalized spacial score (nSPS) is 16.8. The molecular formula is C12H22F3N3. The van der Waals surface area contributed by atoms with Crippen molar-refractivity contribution >= 4 is 5.96 Å². The molecule has 6 heteroatoms. The Morgan fingerprint density at radius 1 is 1.28 bits per heavy atom. The van der Waals surface area contributed by atoms with Gasteiger partial charge in [0.15, 0.2) is 5.96 Å². The Labute approximate surface area is 106 Å². The molecule has 3 nitrogen and oxygen atoms in total. The van der Waals surface area contributed by atoms with Crippen molar-refractivity contribution in [3.8, 4) is 0 Å². The SMILES string of the molecule is CCNC(=NCCCC1CC1)NCCC(F)(F)F. The molecule has 1 aliphatic carbocycles. The van der Waals surface area contributed by atoms with E-state index in [9.17, 15) is 13.2 Å². The lowest BCUT2D eigenvalue weighted by molar-refractivity contribution is -0.132. The number of halogens is 3. The van der Waals surface area contributed by atoms with E-state index in [0.717, 1.165) is 12.3 Å². The summed E-state index contributed by atoms with van der Waals surface area (Å²) in [4.78, 5) is 4.26. The minimum atomic E-state index is -4.11. The molecule has 1 saturated carbocycles. The maximum absolute atomic E-state index is 12.0. The molecule has 0 heterocycles. The quantitative estimate of drug-likeness (QED) is 0.422. The van der Waals surface area contributed by atoms with E-state index in [-0.39, 0.29) is 6.54 Å². The molecule has 18 heavy (non-hydrogen) atoms. The van der Waals surface area contributed by atoms with Crippen LogP contribution in [-0.4, -0.2) is 31.8 Å². The Morgan fingerprint density at radius 2 is 2.00 bits per heavy atom. The van der Waals surface area contributed by atoms with Crippen LogP contribution in [0.1, 0.15) is 39.0 Å². The summed E-state index contributed by atoms with van der Waals surface area (Å²) in [6.07, 6.45) is -0.0943. The molecule has 0 aliphatic heterocycles. The Balaban J connectivity index is 2.17. The van der Waals surface area contributed by atoms with E-state index in [1.165, 1.54) is 19.3 Å². The largest absolute Gasteiger partial charge is 0.390 e. The first-order valence-electron chi connectivity index (χ1n) is 6.60. The number of guanidine groups is 1. The van der Waals surface area contributed by atoms with Gasteiger partial charge in [0.05, 0.1) is 6.42 Å². The summed E-state index contributed by atoms with van der Waals surface area (Å²) in [5.74, 6) is 1.36. The molecule has 0 amide bonds. The van der Waals surface area contributed by atoms with Crippen LogP contribution >= 0.6 is 0 Å². The molecule has 0 saturated heterocycles. The zero-order valence-electron chi connectivity index (χ0n) is 10.8. The first kappa shape index (κ1) is 15.1. The summed E-state index contributed by atoms with van der Waals surface area (Å²) in [6, 6.07) is 0. The van der Waals surface area contributed by atoms with Crippen LogP contribution in [0.2, 0.25) is 0 Å². The summed E-state index contributed by atoms with van der Waals surface area (Å²) in [7, 11) is 0. The highest BCUT2D eigenvalue weighted by Gasteiger charge is 2.26. The number of rotatable bonds is 7. The van der Waals surface area contributed by atoms with Gasteiger partial charge in [0.1, 0.15) is 0 Å². The van der Waals surface area contributed by atoms with Gasteiger partial charge in [-0.15, -0.1) is 0 Å². The third-order valence-electron chi connectivity index (χ3n) is 2.78. The second-order valence-corrected chi connectivity index (χ2v) is 4.64.